The largest absolute Gasteiger partial charge is 0.389 e. The van der Waals surface area contributed by atoms with E-state index in [0.29, 0.717) is 0 Å². The molecular formula is C55H101Cl2N4O+3. The summed E-state index contributed by atoms with van der Waals surface area (Å²) in [6.45, 7) is 9.75. The first kappa shape index (κ1) is 64.0. The Balaban J connectivity index is -0.000000911. The van der Waals surface area contributed by atoms with Crippen LogP contribution in [0.1, 0.15) is 224 Å². The molecule has 3 aromatic rings. The summed E-state index contributed by atoms with van der Waals surface area (Å²) in [5.74, 6) is 0.0376. The summed E-state index contributed by atoms with van der Waals surface area (Å²) >= 11 is 0. The van der Waals surface area contributed by atoms with E-state index in [2.05, 4.69) is 93.4 Å². The smallest absolute Gasteiger partial charge is 0.344 e. The molecule has 0 atom stereocenters. The van der Waals surface area contributed by atoms with Crippen LogP contribution < -0.4 is 15.3 Å². The van der Waals surface area contributed by atoms with E-state index in [4.69, 9.17) is 0 Å². The topological polar surface area (TPSA) is 59.8 Å². The number of benzene rings is 1. The predicted octanol–water partition coefficient (Wildman–Crippen LogP) is 16.6. The van der Waals surface area contributed by atoms with E-state index in [9.17, 15) is 4.79 Å². The summed E-state index contributed by atoms with van der Waals surface area (Å²) in [6, 6.07) is 22.7. The van der Waals surface area contributed by atoms with Crippen molar-refractivity contribution in [2.75, 3.05) is 20.6 Å². The van der Waals surface area contributed by atoms with Crippen molar-refractivity contribution < 1.29 is 18.4 Å². The molecule has 0 aliphatic heterocycles. The van der Waals surface area contributed by atoms with Gasteiger partial charge in [0.2, 0.25) is 0 Å². The second-order valence-electron chi connectivity index (χ2n) is 18.1. The third-order valence-electron chi connectivity index (χ3n) is 11.7. The zero-order valence-electron chi connectivity index (χ0n) is 41.3. The molecule has 3 N–H and O–H groups in total. The number of quaternary nitrogens is 1. The molecule has 0 spiro atoms. The third kappa shape index (κ3) is 43.0. The SMILES string of the molecule is CC(=O)[n+]1ccccc1.CCCCCCCCCCCCCCCCCCCCCC[n+]1ccccc1.CCCCCCCCCCCC[N+](C)(C)Cc1ccccc1.Cl.Cl.N. The number of carbonyl (C=O) groups is 1. The number of rotatable bonds is 34. The number of aromatic nitrogens is 2. The van der Waals surface area contributed by atoms with Gasteiger partial charge >= 0.3 is 5.91 Å². The molecule has 358 valence electrons. The van der Waals surface area contributed by atoms with Gasteiger partial charge in [0.15, 0.2) is 24.8 Å². The standard InChI is InChI=1S/C27H50N.C21H38N.C7H8NO.2ClH.H3N/c1-2-3-4-5-6-7-8-9-10-11-12-13-14-15-16-17-18-19-20-22-25-28-26-23-21-24-27-28;1-4-5-6-7-8-9-10-11-12-16-19-22(2,3)20-21-17-14-13-15-18-21;1-7(9)8-5-3-2-4-6-8;;;/h21,23-24,26-27H,2-20,22,25H2,1H3;13-15,17-18H,4-12,16,19-20H2,1-3H3;2-6H,1H3;2*1H;1H3/q3*+1;;;. The van der Waals surface area contributed by atoms with Gasteiger partial charge in [-0.3, -0.25) is 0 Å². The van der Waals surface area contributed by atoms with Crippen LogP contribution in [0.5, 0.6) is 0 Å². The lowest BCUT2D eigenvalue weighted by Crippen LogP contribution is -2.39. The van der Waals surface area contributed by atoms with Gasteiger partial charge in [-0.15, -0.1) is 29.4 Å². The first-order chi connectivity index (χ1) is 28.9. The molecule has 3 rings (SSSR count). The van der Waals surface area contributed by atoms with Crippen molar-refractivity contribution in [3.63, 3.8) is 0 Å². The van der Waals surface area contributed by atoms with Crippen LogP contribution in [0.15, 0.2) is 91.5 Å². The van der Waals surface area contributed by atoms with Gasteiger partial charge in [-0.1, -0.05) is 223 Å². The lowest BCUT2D eigenvalue weighted by Gasteiger charge is -2.30. The van der Waals surface area contributed by atoms with E-state index >= 15 is 0 Å². The number of halogens is 2. The molecule has 0 amide bonds. The van der Waals surface area contributed by atoms with Crippen LogP contribution in [0.25, 0.3) is 0 Å². The van der Waals surface area contributed by atoms with Crippen LogP contribution in [0, 0.1) is 0 Å². The van der Waals surface area contributed by atoms with Gasteiger partial charge in [0, 0.05) is 36.2 Å². The fraction of sp³-hybridized carbons (Fsp3) is 0.691. The Labute approximate surface area is 397 Å². The highest BCUT2D eigenvalue weighted by Gasteiger charge is 2.15. The monoisotopic (exact) mass is 904 g/mol. The molecule has 0 saturated heterocycles. The predicted molar refractivity (Wildman–Crippen MR) is 276 cm³/mol. The Bertz CT molecular complexity index is 1300. The minimum Gasteiger partial charge on any atom is -0.344 e. The molecule has 1 aromatic carbocycles. The molecule has 2 heterocycles. The molecule has 0 unspecified atom stereocenters. The summed E-state index contributed by atoms with van der Waals surface area (Å²) in [5.41, 5.74) is 1.46. The van der Waals surface area contributed by atoms with Crippen LogP contribution in [-0.2, 0) is 13.1 Å². The van der Waals surface area contributed by atoms with Crippen molar-refractivity contribution >= 4 is 30.7 Å². The summed E-state index contributed by atoms with van der Waals surface area (Å²) in [5, 5.41) is 0. The first-order valence-electron chi connectivity index (χ1n) is 25.1. The highest BCUT2D eigenvalue weighted by atomic mass is 35.5. The molecule has 0 bridgehead atoms. The summed E-state index contributed by atoms with van der Waals surface area (Å²) in [6.07, 6.45) is 51.1. The number of hydrogen-bond donors (Lipinski definition) is 1. The Hall–Kier alpha value is -2.31. The second-order valence-corrected chi connectivity index (χ2v) is 18.1. The maximum atomic E-state index is 10.6. The van der Waals surface area contributed by atoms with Gasteiger partial charge in [0.05, 0.1) is 27.6 Å². The molecule has 0 aliphatic carbocycles. The lowest BCUT2D eigenvalue weighted by molar-refractivity contribution is -0.903. The second kappa shape index (κ2) is 48.2. The maximum absolute atomic E-state index is 10.6. The van der Waals surface area contributed by atoms with Gasteiger partial charge in [0.1, 0.15) is 13.1 Å². The van der Waals surface area contributed by atoms with E-state index in [1.807, 2.05) is 18.2 Å². The van der Waals surface area contributed by atoms with Crippen molar-refractivity contribution in [2.45, 2.75) is 226 Å². The molecule has 5 nitrogen and oxygen atoms in total. The molecule has 62 heavy (non-hydrogen) atoms. The fourth-order valence-electron chi connectivity index (χ4n) is 7.93. The number of nitrogens with zero attached hydrogens (tertiary/aromatic N) is 3. The van der Waals surface area contributed by atoms with Crippen molar-refractivity contribution in [3.8, 4) is 0 Å². The quantitative estimate of drug-likeness (QED) is 0.0369. The van der Waals surface area contributed by atoms with Gasteiger partial charge in [0.25, 0.3) is 0 Å². The summed E-state index contributed by atoms with van der Waals surface area (Å²) < 4.78 is 4.94. The van der Waals surface area contributed by atoms with E-state index in [1.54, 1.807) is 12.4 Å². The third-order valence-corrected chi connectivity index (χ3v) is 11.7. The Morgan fingerprint density at radius 3 is 1.08 bits per heavy atom. The van der Waals surface area contributed by atoms with Crippen LogP contribution in [0.4, 0.5) is 0 Å². The van der Waals surface area contributed by atoms with Gasteiger partial charge in [-0.05, 0) is 19.3 Å². The van der Waals surface area contributed by atoms with Gasteiger partial charge in [-0.25, -0.2) is 9.36 Å². The molecule has 2 aromatic heterocycles. The Morgan fingerprint density at radius 1 is 0.435 bits per heavy atom. The van der Waals surface area contributed by atoms with Gasteiger partial charge in [-0.2, -0.15) is 0 Å². The summed E-state index contributed by atoms with van der Waals surface area (Å²) in [7, 11) is 4.72. The molecule has 0 aliphatic rings. The minimum absolute atomic E-state index is 0. The van der Waals surface area contributed by atoms with Crippen molar-refractivity contribution in [3.05, 3.63) is 97.1 Å². The molecule has 0 fully saturated rings. The zero-order valence-corrected chi connectivity index (χ0v) is 42.9. The first-order valence-corrected chi connectivity index (χ1v) is 25.1. The molecular weight excluding hydrogens is 804 g/mol. The normalized spacial score (nSPS) is 10.5. The van der Waals surface area contributed by atoms with E-state index < -0.39 is 0 Å². The van der Waals surface area contributed by atoms with Gasteiger partial charge < -0.3 is 10.6 Å². The zero-order chi connectivity index (χ0) is 42.8. The molecule has 0 saturated carbocycles. The molecule has 0 radical (unpaired) electrons. The lowest BCUT2D eigenvalue weighted by atomic mass is 10.0. The Morgan fingerprint density at radius 2 is 0.742 bits per heavy atom. The average Bonchev–Trinajstić information content (AvgIpc) is 3.25. The number of aryl methyl sites for hydroxylation is 1. The van der Waals surface area contributed by atoms with E-state index in [-0.39, 0.29) is 36.9 Å². The number of pyridine rings is 2. The highest BCUT2D eigenvalue weighted by molar-refractivity contribution is 5.85. The maximum Gasteiger partial charge on any atom is 0.389 e. The fourth-order valence-corrected chi connectivity index (χ4v) is 7.93. The number of carbonyl (C=O) groups excluding carboxylic acids is 1. The Kier molecular flexibility index (Phi) is 49.7. The van der Waals surface area contributed by atoms with Crippen molar-refractivity contribution in [1.82, 2.24) is 6.15 Å². The van der Waals surface area contributed by atoms with Crippen LogP contribution in [0.2, 0.25) is 0 Å². The summed E-state index contributed by atoms with van der Waals surface area (Å²) in [4.78, 5) is 10.6. The van der Waals surface area contributed by atoms with Crippen molar-refractivity contribution in [1.29, 1.82) is 0 Å². The van der Waals surface area contributed by atoms with E-state index in [0.717, 1.165) is 11.0 Å². The molecule has 7 heteroatoms. The number of hydrogen-bond acceptors (Lipinski definition) is 2. The van der Waals surface area contributed by atoms with Crippen molar-refractivity contribution in [2.24, 2.45) is 0 Å². The van der Waals surface area contributed by atoms with Crippen LogP contribution in [-0.4, -0.2) is 31.0 Å². The van der Waals surface area contributed by atoms with Crippen LogP contribution in [0.3, 0.4) is 0 Å². The number of unbranched alkanes of at least 4 members (excludes halogenated alkanes) is 28. The minimum atomic E-state index is 0. The highest BCUT2D eigenvalue weighted by Crippen LogP contribution is 2.16. The van der Waals surface area contributed by atoms with E-state index in [1.165, 1.54) is 223 Å². The average molecular weight is 905 g/mol. The van der Waals surface area contributed by atoms with Crippen LogP contribution >= 0.6 is 24.8 Å².